The number of rotatable bonds is 3. The van der Waals surface area contributed by atoms with Crippen LogP contribution in [0.25, 0.3) is 10.9 Å². The van der Waals surface area contributed by atoms with E-state index in [-0.39, 0.29) is 0 Å². The maximum atomic E-state index is 10.5. The van der Waals surface area contributed by atoms with Crippen LogP contribution in [0.3, 0.4) is 0 Å². The lowest BCUT2D eigenvalue weighted by Gasteiger charge is -2.27. The van der Waals surface area contributed by atoms with Crippen LogP contribution in [0.2, 0.25) is 0 Å². The number of hydrogen-bond acceptors (Lipinski definition) is 3. The van der Waals surface area contributed by atoms with E-state index in [0.717, 1.165) is 66.9 Å². The molecular formula is C16H23N3O. The molecule has 0 saturated carbocycles. The first-order valence-corrected chi connectivity index (χ1v) is 7.39. The number of phenolic OH excluding ortho intramolecular Hbond substituents is 1. The molecule has 0 bridgehead atoms. The van der Waals surface area contributed by atoms with Crippen molar-refractivity contribution >= 4 is 10.9 Å². The molecule has 2 aromatic rings. The van der Waals surface area contributed by atoms with Gasteiger partial charge in [-0.25, -0.2) is 0 Å². The van der Waals surface area contributed by atoms with E-state index in [9.17, 15) is 5.11 Å². The number of aromatic amines is 1. The quantitative estimate of drug-likeness (QED) is 0.801. The molecule has 3 rings (SSSR count). The molecule has 3 N–H and O–H groups in total. The van der Waals surface area contributed by atoms with Crippen molar-refractivity contribution in [3.8, 4) is 5.75 Å². The highest BCUT2D eigenvalue weighted by Crippen LogP contribution is 2.33. The number of hydrogen-bond donors (Lipinski definition) is 3. The SMILES string of the molecule is Cc1[nH]c2ccc(CCN3CCNCC3)c(O)c2c1C. The molecule has 0 amide bonds. The van der Waals surface area contributed by atoms with Crippen LogP contribution in [-0.4, -0.2) is 47.7 Å². The van der Waals surface area contributed by atoms with Gasteiger partial charge in [0, 0.05) is 49.3 Å². The second-order valence-electron chi connectivity index (χ2n) is 5.71. The molecule has 0 aliphatic carbocycles. The molecular weight excluding hydrogens is 250 g/mol. The Kier molecular flexibility index (Phi) is 3.68. The van der Waals surface area contributed by atoms with Crippen molar-refractivity contribution in [1.29, 1.82) is 0 Å². The number of nitrogens with one attached hydrogen (secondary N) is 2. The van der Waals surface area contributed by atoms with Gasteiger partial charge >= 0.3 is 0 Å². The fraction of sp³-hybridized carbons (Fsp3) is 0.500. The highest BCUT2D eigenvalue weighted by atomic mass is 16.3. The van der Waals surface area contributed by atoms with Gasteiger partial charge in [-0.15, -0.1) is 0 Å². The second-order valence-corrected chi connectivity index (χ2v) is 5.71. The number of piperazine rings is 1. The average molecular weight is 273 g/mol. The van der Waals surface area contributed by atoms with E-state index < -0.39 is 0 Å². The molecule has 2 heterocycles. The van der Waals surface area contributed by atoms with Gasteiger partial charge in [-0.3, -0.25) is 0 Å². The zero-order chi connectivity index (χ0) is 14.1. The smallest absolute Gasteiger partial charge is 0.128 e. The van der Waals surface area contributed by atoms with Crippen LogP contribution in [0.4, 0.5) is 0 Å². The third kappa shape index (κ3) is 2.41. The van der Waals surface area contributed by atoms with E-state index >= 15 is 0 Å². The summed E-state index contributed by atoms with van der Waals surface area (Å²) < 4.78 is 0. The molecule has 1 fully saturated rings. The molecule has 0 spiro atoms. The number of aromatic nitrogens is 1. The Balaban J connectivity index is 1.81. The first-order valence-electron chi connectivity index (χ1n) is 7.39. The predicted octanol–water partition coefficient (Wildman–Crippen LogP) is 1.94. The van der Waals surface area contributed by atoms with E-state index in [1.165, 1.54) is 0 Å². The summed E-state index contributed by atoms with van der Waals surface area (Å²) in [6.45, 7) is 9.48. The topological polar surface area (TPSA) is 51.3 Å². The minimum atomic E-state index is 0.458. The summed E-state index contributed by atoms with van der Waals surface area (Å²) in [7, 11) is 0. The van der Waals surface area contributed by atoms with Gasteiger partial charge < -0.3 is 20.3 Å². The fourth-order valence-electron chi connectivity index (χ4n) is 3.02. The third-order valence-electron chi connectivity index (χ3n) is 4.43. The summed E-state index contributed by atoms with van der Waals surface area (Å²) in [4.78, 5) is 5.78. The number of H-pyrrole nitrogens is 1. The van der Waals surface area contributed by atoms with Crippen LogP contribution >= 0.6 is 0 Å². The molecule has 0 unspecified atom stereocenters. The van der Waals surface area contributed by atoms with Crippen molar-refractivity contribution in [3.05, 3.63) is 29.0 Å². The number of phenols is 1. The first kappa shape index (κ1) is 13.5. The van der Waals surface area contributed by atoms with Crippen LogP contribution in [0.15, 0.2) is 12.1 Å². The van der Waals surface area contributed by atoms with Crippen LogP contribution in [0.5, 0.6) is 5.75 Å². The lowest BCUT2D eigenvalue weighted by Crippen LogP contribution is -2.44. The minimum absolute atomic E-state index is 0.458. The zero-order valence-electron chi connectivity index (χ0n) is 12.3. The van der Waals surface area contributed by atoms with Crippen LogP contribution in [-0.2, 0) is 6.42 Å². The summed E-state index contributed by atoms with van der Waals surface area (Å²) in [6, 6.07) is 4.14. The van der Waals surface area contributed by atoms with Gasteiger partial charge in [0.05, 0.1) is 0 Å². The molecule has 108 valence electrons. The molecule has 0 radical (unpaired) electrons. The zero-order valence-corrected chi connectivity index (χ0v) is 12.3. The molecule has 0 atom stereocenters. The maximum Gasteiger partial charge on any atom is 0.128 e. The van der Waals surface area contributed by atoms with Crippen LogP contribution in [0.1, 0.15) is 16.8 Å². The first-order chi connectivity index (χ1) is 9.66. The van der Waals surface area contributed by atoms with Crippen molar-refractivity contribution < 1.29 is 5.11 Å². The van der Waals surface area contributed by atoms with Gasteiger partial charge in [0.2, 0.25) is 0 Å². The van der Waals surface area contributed by atoms with Crippen molar-refractivity contribution in [3.63, 3.8) is 0 Å². The maximum absolute atomic E-state index is 10.5. The van der Waals surface area contributed by atoms with E-state index in [0.29, 0.717) is 5.75 Å². The normalized spacial score (nSPS) is 16.9. The van der Waals surface area contributed by atoms with Gasteiger partial charge in [0.15, 0.2) is 0 Å². The highest BCUT2D eigenvalue weighted by Gasteiger charge is 2.14. The second kappa shape index (κ2) is 5.46. The number of aryl methyl sites for hydroxylation is 2. The van der Waals surface area contributed by atoms with Gasteiger partial charge in [-0.2, -0.15) is 0 Å². The fourth-order valence-corrected chi connectivity index (χ4v) is 3.02. The van der Waals surface area contributed by atoms with E-state index in [1.54, 1.807) is 0 Å². The summed E-state index contributed by atoms with van der Waals surface area (Å²) in [6.07, 6.45) is 0.908. The Morgan fingerprint density at radius 3 is 2.70 bits per heavy atom. The summed E-state index contributed by atoms with van der Waals surface area (Å²) >= 11 is 0. The molecule has 4 nitrogen and oxygen atoms in total. The number of aromatic hydroxyl groups is 1. The predicted molar refractivity (Wildman–Crippen MR) is 82.5 cm³/mol. The summed E-state index contributed by atoms with van der Waals surface area (Å²) in [5.41, 5.74) is 4.37. The van der Waals surface area contributed by atoms with Gasteiger partial charge in [-0.05, 0) is 37.5 Å². The van der Waals surface area contributed by atoms with E-state index in [4.69, 9.17) is 0 Å². The Hall–Kier alpha value is -1.52. The lowest BCUT2D eigenvalue weighted by molar-refractivity contribution is 0.243. The lowest BCUT2D eigenvalue weighted by atomic mass is 10.0. The Morgan fingerprint density at radius 1 is 1.20 bits per heavy atom. The van der Waals surface area contributed by atoms with E-state index in [2.05, 4.69) is 41.2 Å². The molecule has 1 aromatic heterocycles. The molecule has 1 aliphatic heterocycles. The highest BCUT2D eigenvalue weighted by molar-refractivity contribution is 5.91. The minimum Gasteiger partial charge on any atom is -0.507 e. The number of benzene rings is 1. The van der Waals surface area contributed by atoms with Gasteiger partial charge in [0.1, 0.15) is 5.75 Å². The molecule has 4 heteroatoms. The number of nitrogens with zero attached hydrogens (tertiary/aromatic N) is 1. The summed E-state index contributed by atoms with van der Waals surface area (Å²) in [5, 5.41) is 14.9. The van der Waals surface area contributed by atoms with Crippen molar-refractivity contribution in [2.75, 3.05) is 32.7 Å². The van der Waals surface area contributed by atoms with Crippen molar-refractivity contribution in [2.45, 2.75) is 20.3 Å². The van der Waals surface area contributed by atoms with Gasteiger partial charge in [0.25, 0.3) is 0 Å². The van der Waals surface area contributed by atoms with Crippen LogP contribution < -0.4 is 5.32 Å². The molecule has 1 aromatic carbocycles. The molecule has 1 aliphatic rings. The molecule has 20 heavy (non-hydrogen) atoms. The van der Waals surface area contributed by atoms with Crippen molar-refractivity contribution in [2.24, 2.45) is 0 Å². The van der Waals surface area contributed by atoms with Crippen molar-refractivity contribution in [1.82, 2.24) is 15.2 Å². The largest absolute Gasteiger partial charge is 0.507 e. The Bertz CT molecular complexity index is 612. The Morgan fingerprint density at radius 2 is 1.95 bits per heavy atom. The third-order valence-corrected chi connectivity index (χ3v) is 4.43. The monoisotopic (exact) mass is 273 g/mol. The number of fused-ring (bicyclic) bond motifs is 1. The summed E-state index contributed by atoms with van der Waals surface area (Å²) in [5.74, 6) is 0.458. The molecule has 1 saturated heterocycles. The van der Waals surface area contributed by atoms with Crippen LogP contribution in [0, 0.1) is 13.8 Å². The average Bonchev–Trinajstić information content (AvgIpc) is 2.75. The van der Waals surface area contributed by atoms with E-state index in [1.807, 2.05) is 0 Å². The standard InChI is InChI=1S/C16H23N3O/c1-11-12(2)18-14-4-3-13(16(20)15(11)14)5-8-19-9-6-17-7-10-19/h3-4,17-18,20H,5-10H2,1-2H3. The Labute approximate surface area is 119 Å². The van der Waals surface area contributed by atoms with Gasteiger partial charge in [-0.1, -0.05) is 6.07 Å².